The van der Waals surface area contributed by atoms with Crippen LogP contribution in [-0.2, 0) is 6.54 Å². The fourth-order valence-electron chi connectivity index (χ4n) is 3.67. The summed E-state index contributed by atoms with van der Waals surface area (Å²) in [6, 6.07) is 19.9. The number of rotatable bonds is 7. The van der Waals surface area contributed by atoms with Gasteiger partial charge in [0.05, 0.1) is 17.6 Å². The maximum atomic E-state index is 12.6. The molecule has 3 aromatic rings. The predicted molar refractivity (Wildman–Crippen MR) is 121 cm³/mol. The summed E-state index contributed by atoms with van der Waals surface area (Å²) in [5, 5.41) is 7.70. The highest BCUT2D eigenvalue weighted by atomic mass is 35.5. The van der Waals surface area contributed by atoms with E-state index < -0.39 is 0 Å². The van der Waals surface area contributed by atoms with Crippen molar-refractivity contribution in [2.75, 3.05) is 44.6 Å². The minimum Gasteiger partial charge on any atom is -0.381 e. The molecule has 0 amide bonds. The van der Waals surface area contributed by atoms with Gasteiger partial charge in [0, 0.05) is 45.8 Å². The summed E-state index contributed by atoms with van der Waals surface area (Å²) in [4.78, 5) is 17.5. The summed E-state index contributed by atoms with van der Waals surface area (Å²) in [7, 11) is 0. The van der Waals surface area contributed by atoms with Crippen molar-refractivity contribution in [3.63, 3.8) is 0 Å². The molecule has 0 unspecified atom stereocenters. The van der Waals surface area contributed by atoms with Crippen molar-refractivity contribution in [1.82, 2.24) is 19.6 Å². The molecule has 0 radical (unpaired) electrons. The molecule has 4 rings (SSSR count). The van der Waals surface area contributed by atoms with Gasteiger partial charge < -0.3 is 5.32 Å². The van der Waals surface area contributed by atoms with Crippen molar-refractivity contribution in [2.45, 2.75) is 6.54 Å². The third-order valence-corrected chi connectivity index (χ3v) is 5.74. The Morgan fingerprint density at radius 2 is 1.53 bits per heavy atom. The maximum absolute atomic E-state index is 12.6. The average molecular weight is 424 g/mol. The highest BCUT2D eigenvalue weighted by molar-refractivity contribution is 6.32. The Morgan fingerprint density at radius 1 is 0.900 bits per heavy atom. The lowest BCUT2D eigenvalue weighted by Crippen LogP contribution is -2.47. The van der Waals surface area contributed by atoms with E-state index in [9.17, 15) is 4.79 Å². The van der Waals surface area contributed by atoms with E-state index in [4.69, 9.17) is 11.6 Å². The van der Waals surface area contributed by atoms with Crippen LogP contribution >= 0.6 is 11.6 Å². The van der Waals surface area contributed by atoms with Crippen molar-refractivity contribution in [1.29, 1.82) is 0 Å². The fraction of sp³-hybridized carbons (Fsp3) is 0.304. The van der Waals surface area contributed by atoms with Crippen LogP contribution < -0.4 is 10.9 Å². The molecule has 0 atom stereocenters. The van der Waals surface area contributed by atoms with E-state index in [1.165, 1.54) is 10.2 Å². The number of hydrogen-bond acceptors (Lipinski definition) is 5. The van der Waals surface area contributed by atoms with Gasteiger partial charge in [-0.3, -0.25) is 14.6 Å². The van der Waals surface area contributed by atoms with Crippen molar-refractivity contribution in [3.05, 3.63) is 87.8 Å². The normalized spacial score (nSPS) is 15.2. The molecule has 0 aliphatic carbocycles. The van der Waals surface area contributed by atoms with Crippen LogP contribution in [0.25, 0.3) is 5.69 Å². The summed E-state index contributed by atoms with van der Waals surface area (Å²) in [5.74, 6) is 0. The Morgan fingerprint density at radius 3 is 2.23 bits per heavy atom. The largest absolute Gasteiger partial charge is 0.381 e. The van der Waals surface area contributed by atoms with Crippen molar-refractivity contribution < 1.29 is 0 Å². The van der Waals surface area contributed by atoms with Gasteiger partial charge in [-0.1, -0.05) is 60.1 Å². The topological polar surface area (TPSA) is 53.4 Å². The molecule has 0 bridgehead atoms. The predicted octanol–water partition coefficient (Wildman–Crippen LogP) is 3.12. The Balaban J connectivity index is 1.26. The second kappa shape index (κ2) is 9.89. The lowest BCUT2D eigenvalue weighted by molar-refractivity contribution is 0.130. The summed E-state index contributed by atoms with van der Waals surface area (Å²) >= 11 is 6.31. The van der Waals surface area contributed by atoms with E-state index >= 15 is 0 Å². The van der Waals surface area contributed by atoms with Gasteiger partial charge in [0.1, 0.15) is 5.02 Å². The SMILES string of the molecule is O=c1c(Cl)c(NCCN2CCN(Cc3ccccc3)CC2)cnn1-c1ccccc1. The second-order valence-corrected chi connectivity index (χ2v) is 7.83. The van der Waals surface area contributed by atoms with Crippen molar-refractivity contribution in [2.24, 2.45) is 0 Å². The molecule has 1 fully saturated rings. The van der Waals surface area contributed by atoms with Gasteiger partial charge in [-0.2, -0.15) is 9.78 Å². The van der Waals surface area contributed by atoms with Crippen LogP contribution in [0.1, 0.15) is 5.56 Å². The average Bonchev–Trinajstić information content (AvgIpc) is 2.79. The van der Waals surface area contributed by atoms with Gasteiger partial charge >= 0.3 is 0 Å². The summed E-state index contributed by atoms with van der Waals surface area (Å²) < 4.78 is 1.32. The van der Waals surface area contributed by atoms with E-state index in [1.807, 2.05) is 30.3 Å². The number of aromatic nitrogens is 2. The molecule has 6 nitrogen and oxygen atoms in total. The molecule has 0 spiro atoms. The first-order valence-electron chi connectivity index (χ1n) is 10.3. The second-order valence-electron chi connectivity index (χ2n) is 7.45. The molecule has 2 heterocycles. The van der Waals surface area contributed by atoms with Crippen LogP contribution in [-0.4, -0.2) is 58.8 Å². The first-order valence-corrected chi connectivity index (χ1v) is 10.6. The molecule has 156 valence electrons. The van der Waals surface area contributed by atoms with Gasteiger partial charge in [0.2, 0.25) is 0 Å². The lowest BCUT2D eigenvalue weighted by Gasteiger charge is -2.34. The van der Waals surface area contributed by atoms with Crippen LogP contribution in [0.4, 0.5) is 5.69 Å². The smallest absolute Gasteiger partial charge is 0.292 e. The van der Waals surface area contributed by atoms with E-state index in [0.717, 1.165) is 45.8 Å². The molecule has 1 aliphatic rings. The number of hydrogen-bond donors (Lipinski definition) is 1. The quantitative estimate of drug-likeness (QED) is 0.632. The Hall–Kier alpha value is -2.67. The van der Waals surface area contributed by atoms with Crippen molar-refractivity contribution >= 4 is 17.3 Å². The Labute approximate surface area is 181 Å². The zero-order valence-electron chi connectivity index (χ0n) is 16.9. The number of anilines is 1. The van der Waals surface area contributed by atoms with Gasteiger partial charge in [-0.05, 0) is 17.7 Å². The van der Waals surface area contributed by atoms with Crippen LogP contribution in [0.3, 0.4) is 0 Å². The molecular weight excluding hydrogens is 398 g/mol. The standard InChI is InChI=1S/C23H26ClN5O/c24-22-21(17-26-29(23(22)30)20-9-5-2-6-10-20)25-11-12-27-13-15-28(16-14-27)18-19-7-3-1-4-8-19/h1-10,17,25H,11-16,18H2. The molecule has 1 N–H and O–H groups in total. The molecule has 1 saturated heterocycles. The first-order chi connectivity index (χ1) is 14.7. The molecule has 1 aromatic heterocycles. The third kappa shape index (κ3) is 5.08. The minimum absolute atomic E-state index is 0.168. The van der Waals surface area contributed by atoms with Crippen LogP contribution in [0, 0.1) is 0 Å². The highest BCUT2D eigenvalue weighted by Gasteiger charge is 2.17. The monoisotopic (exact) mass is 423 g/mol. The molecule has 0 saturated carbocycles. The molecular formula is C23H26ClN5O. The molecule has 7 heteroatoms. The van der Waals surface area contributed by atoms with E-state index in [2.05, 4.69) is 50.5 Å². The number of halogens is 1. The summed E-state index contributed by atoms with van der Waals surface area (Å²) in [5.41, 5.74) is 2.32. The molecule has 1 aliphatic heterocycles. The molecule has 2 aromatic carbocycles. The maximum Gasteiger partial charge on any atom is 0.292 e. The summed E-state index contributed by atoms with van der Waals surface area (Å²) in [6.07, 6.45) is 1.62. The highest BCUT2D eigenvalue weighted by Crippen LogP contribution is 2.16. The van der Waals surface area contributed by atoms with Crippen molar-refractivity contribution in [3.8, 4) is 5.69 Å². The third-order valence-electron chi connectivity index (χ3n) is 5.38. The summed E-state index contributed by atoms with van der Waals surface area (Å²) in [6.45, 7) is 6.82. The van der Waals surface area contributed by atoms with Gasteiger partial charge in [-0.15, -0.1) is 0 Å². The van der Waals surface area contributed by atoms with Gasteiger partial charge in [-0.25, -0.2) is 0 Å². The van der Waals surface area contributed by atoms with Gasteiger partial charge in [0.15, 0.2) is 0 Å². The minimum atomic E-state index is -0.317. The van der Waals surface area contributed by atoms with E-state index in [-0.39, 0.29) is 10.6 Å². The Bertz CT molecular complexity index is 1000. The molecule has 30 heavy (non-hydrogen) atoms. The number of nitrogens with one attached hydrogen (secondary N) is 1. The zero-order chi connectivity index (χ0) is 20.8. The van der Waals surface area contributed by atoms with Crippen LogP contribution in [0.5, 0.6) is 0 Å². The Kier molecular flexibility index (Phi) is 6.79. The van der Waals surface area contributed by atoms with Gasteiger partial charge in [0.25, 0.3) is 5.56 Å². The number of piperazine rings is 1. The number of benzene rings is 2. The number of nitrogens with zero attached hydrogens (tertiary/aromatic N) is 4. The van der Waals surface area contributed by atoms with Crippen LogP contribution in [0.2, 0.25) is 5.02 Å². The lowest BCUT2D eigenvalue weighted by atomic mass is 10.2. The fourth-order valence-corrected chi connectivity index (χ4v) is 3.87. The van der Waals surface area contributed by atoms with Crippen LogP contribution in [0.15, 0.2) is 71.7 Å². The van der Waals surface area contributed by atoms with E-state index in [1.54, 1.807) is 6.20 Å². The zero-order valence-corrected chi connectivity index (χ0v) is 17.6. The number of para-hydroxylation sites is 1. The first kappa shape index (κ1) is 20.6. The van der Waals surface area contributed by atoms with E-state index in [0.29, 0.717) is 11.4 Å².